The summed E-state index contributed by atoms with van der Waals surface area (Å²) in [4.78, 5) is 26.0. The molecular formula is C19H27N3O3. The summed E-state index contributed by atoms with van der Waals surface area (Å²) in [6, 6.07) is 7.91. The average Bonchev–Trinajstić information content (AvgIpc) is 2.84. The van der Waals surface area contributed by atoms with Crippen LogP contribution in [0.4, 0.5) is 4.79 Å². The van der Waals surface area contributed by atoms with E-state index in [-0.39, 0.29) is 18.0 Å². The van der Waals surface area contributed by atoms with Crippen LogP contribution in [0.1, 0.15) is 43.7 Å². The highest BCUT2D eigenvalue weighted by Gasteiger charge is 2.27. The van der Waals surface area contributed by atoms with Crippen molar-refractivity contribution in [2.45, 2.75) is 38.1 Å². The lowest BCUT2D eigenvalue weighted by Gasteiger charge is -2.33. The van der Waals surface area contributed by atoms with Crippen LogP contribution >= 0.6 is 0 Å². The summed E-state index contributed by atoms with van der Waals surface area (Å²) >= 11 is 0. The Morgan fingerprint density at radius 1 is 1.20 bits per heavy atom. The van der Waals surface area contributed by atoms with E-state index in [1.165, 1.54) is 0 Å². The van der Waals surface area contributed by atoms with Gasteiger partial charge in [-0.3, -0.25) is 4.79 Å². The minimum absolute atomic E-state index is 0.00482. The molecule has 1 saturated heterocycles. The molecule has 3 rings (SSSR count). The highest BCUT2D eigenvalue weighted by atomic mass is 16.5. The molecule has 1 atom stereocenters. The molecule has 1 aromatic carbocycles. The topological polar surface area (TPSA) is 70.7 Å². The maximum atomic E-state index is 12.7. The van der Waals surface area contributed by atoms with Crippen molar-refractivity contribution in [3.8, 4) is 5.75 Å². The van der Waals surface area contributed by atoms with Gasteiger partial charge in [0.25, 0.3) is 0 Å². The van der Waals surface area contributed by atoms with E-state index in [9.17, 15) is 9.59 Å². The van der Waals surface area contributed by atoms with E-state index in [1.807, 2.05) is 29.2 Å². The van der Waals surface area contributed by atoms with Gasteiger partial charge < -0.3 is 20.3 Å². The Labute approximate surface area is 148 Å². The van der Waals surface area contributed by atoms with Crippen molar-refractivity contribution in [3.05, 3.63) is 29.8 Å². The van der Waals surface area contributed by atoms with Crippen LogP contribution in [0.3, 0.4) is 0 Å². The third kappa shape index (κ3) is 4.44. The number of hydrogen-bond acceptors (Lipinski definition) is 3. The molecule has 2 heterocycles. The Balaban J connectivity index is 1.56. The number of para-hydroxylation sites is 1. The molecule has 0 saturated carbocycles. The number of rotatable bonds is 3. The molecule has 0 bridgehead atoms. The molecule has 3 amide bonds. The fourth-order valence-corrected chi connectivity index (χ4v) is 3.62. The fraction of sp³-hybridized carbons (Fsp3) is 0.579. The van der Waals surface area contributed by atoms with E-state index in [0.717, 1.165) is 37.0 Å². The van der Waals surface area contributed by atoms with E-state index < -0.39 is 0 Å². The lowest BCUT2D eigenvalue weighted by atomic mass is 9.93. The van der Waals surface area contributed by atoms with Gasteiger partial charge in [-0.25, -0.2) is 4.79 Å². The molecule has 25 heavy (non-hydrogen) atoms. The lowest BCUT2D eigenvalue weighted by Crippen LogP contribution is -2.46. The molecule has 2 aliphatic rings. The highest BCUT2D eigenvalue weighted by Crippen LogP contribution is 2.31. The van der Waals surface area contributed by atoms with Gasteiger partial charge in [-0.05, 0) is 37.7 Å². The van der Waals surface area contributed by atoms with E-state index in [1.54, 1.807) is 7.05 Å². The lowest BCUT2D eigenvalue weighted by molar-refractivity contribution is -0.121. The van der Waals surface area contributed by atoms with Gasteiger partial charge in [-0.2, -0.15) is 0 Å². The van der Waals surface area contributed by atoms with Crippen molar-refractivity contribution in [2.75, 3.05) is 26.7 Å². The number of carbonyl (C=O) groups is 2. The van der Waals surface area contributed by atoms with Crippen LogP contribution in [0.25, 0.3) is 0 Å². The predicted octanol–water partition coefficient (Wildman–Crippen LogP) is 2.46. The largest absolute Gasteiger partial charge is 0.493 e. The van der Waals surface area contributed by atoms with E-state index in [0.29, 0.717) is 32.0 Å². The van der Waals surface area contributed by atoms with Gasteiger partial charge in [0.2, 0.25) is 5.91 Å². The fourth-order valence-electron chi connectivity index (χ4n) is 3.62. The number of piperidine rings is 1. The van der Waals surface area contributed by atoms with Gasteiger partial charge in [0.05, 0.1) is 12.6 Å². The average molecular weight is 345 g/mol. The molecular weight excluding hydrogens is 318 g/mol. The standard InChI is InChI=1S/C19H27N3O3/c1-20-18(23)13-14-8-10-22(11-9-14)19(24)21-16-6-4-12-25-17-7-3-2-5-15(16)17/h2-3,5,7,14,16H,4,6,8-13H2,1H3,(H,20,23)(H,21,24). The Morgan fingerprint density at radius 3 is 2.72 bits per heavy atom. The Hall–Kier alpha value is -2.24. The van der Waals surface area contributed by atoms with Gasteiger partial charge in [0.1, 0.15) is 5.75 Å². The van der Waals surface area contributed by atoms with Gasteiger partial charge in [0.15, 0.2) is 0 Å². The minimum Gasteiger partial charge on any atom is -0.493 e. The summed E-state index contributed by atoms with van der Waals surface area (Å²) in [7, 11) is 1.67. The normalized spacial score (nSPS) is 20.8. The molecule has 2 N–H and O–H groups in total. The van der Waals surface area contributed by atoms with Crippen LogP contribution in [0, 0.1) is 5.92 Å². The number of benzene rings is 1. The number of amides is 3. The zero-order valence-corrected chi connectivity index (χ0v) is 14.8. The summed E-state index contributed by atoms with van der Waals surface area (Å²) in [6.07, 6.45) is 4.12. The van der Waals surface area contributed by atoms with Gasteiger partial charge in [-0.15, -0.1) is 0 Å². The van der Waals surface area contributed by atoms with E-state index in [2.05, 4.69) is 10.6 Å². The number of nitrogens with zero attached hydrogens (tertiary/aromatic N) is 1. The summed E-state index contributed by atoms with van der Waals surface area (Å²) in [5.41, 5.74) is 1.06. The molecule has 0 aliphatic carbocycles. The Bertz CT molecular complexity index is 612. The second-order valence-corrected chi connectivity index (χ2v) is 6.84. The van der Waals surface area contributed by atoms with Crippen LogP contribution in [0.15, 0.2) is 24.3 Å². The number of ether oxygens (including phenoxy) is 1. The van der Waals surface area contributed by atoms with Gasteiger partial charge in [0, 0.05) is 32.1 Å². The number of fused-ring (bicyclic) bond motifs is 1. The third-order valence-electron chi connectivity index (χ3n) is 5.14. The first-order valence-corrected chi connectivity index (χ1v) is 9.15. The van der Waals surface area contributed by atoms with Crippen molar-refractivity contribution in [2.24, 2.45) is 5.92 Å². The second kappa shape index (κ2) is 8.23. The first kappa shape index (κ1) is 17.6. The van der Waals surface area contributed by atoms with E-state index >= 15 is 0 Å². The molecule has 1 fully saturated rings. The highest BCUT2D eigenvalue weighted by molar-refractivity contribution is 5.76. The van der Waals surface area contributed by atoms with Crippen molar-refractivity contribution in [1.82, 2.24) is 15.5 Å². The SMILES string of the molecule is CNC(=O)CC1CCN(C(=O)NC2CCCOc3ccccc32)CC1. The molecule has 1 aromatic rings. The van der Waals surface area contributed by atoms with Crippen molar-refractivity contribution < 1.29 is 14.3 Å². The van der Waals surface area contributed by atoms with Crippen LogP contribution in [0.5, 0.6) is 5.75 Å². The van der Waals surface area contributed by atoms with Crippen molar-refractivity contribution in [3.63, 3.8) is 0 Å². The second-order valence-electron chi connectivity index (χ2n) is 6.84. The summed E-state index contributed by atoms with van der Waals surface area (Å²) in [6.45, 7) is 2.10. The number of likely N-dealkylation sites (tertiary alicyclic amines) is 1. The molecule has 0 aromatic heterocycles. The van der Waals surface area contributed by atoms with Crippen LogP contribution in [-0.2, 0) is 4.79 Å². The number of urea groups is 1. The van der Waals surface area contributed by atoms with E-state index in [4.69, 9.17) is 4.74 Å². The van der Waals surface area contributed by atoms with Crippen LogP contribution in [0.2, 0.25) is 0 Å². The summed E-state index contributed by atoms with van der Waals surface area (Å²) < 4.78 is 5.76. The summed E-state index contributed by atoms with van der Waals surface area (Å²) in [5, 5.41) is 5.85. The number of nitrogens with one attached hydrogen (secondary N) is 2. The maximum Gasteiger partial charge on any atom is 0.317 e. The van der Waals surface area contributed by atoms with Gasteiger partial charge >= 0.3 is 6.03 Å². The molecule has 0 radical (unpaired) electrons. The molecule has 6 heteroatoms. The molecule has 136 valence electrons. The minimum atomic E-state index is -0.0138. The van der Waals surface area contributed by atoms with Gasteiger partial charge in [-0.1, -0.05) is 18.2 Å². The third-order valence-corrected chi connectivity index (χ3v) is 5.14. The first-order valence-electron chi connectivity index (χ1n) is 9.15. The molecule has 1 unspecified atom stereocenters. The maximum absolute atomic E-state index is 12.7. The quantitative estimate of drug-likeness (QED) is 0.884. The zero-order valence-electron chi connectivity index (χ0n) is 14.8. The Kier molecular flexibility index (Phi) is 5.79. The number of carbonyl (C=O) groups excluding carboxylic acids is 2. The first-order chi connectivity index (χ1) is 12.2. The van der Waals surface area contributed by atoms with Crippen LogP contribution in [-0.4, -0.2) is 43.6 Å². The molecule has 0 spiro atoms. The predicted molar refractivity (Wildman–Crippen MR) is 95.4 cm³/mol. The molecule has 6 nitrogen and oxygen atoms in total. The summed E-state index contributed by atoms with van der Waals surface area (Å²) in [5.74, 6) is 1.32. The van der Waals surface area contributed by atoms with Crippen LogP contribution < -0.4 is 15.4 Å². The monoisotopic (exact) mass is 345 g/mol. The van der Waals surface area contributed by atoms with Crippen molar-refractivity contribution >= 4 is 11.9 Å². The zero-order chi connectivity index (χ0) is 17.6. The van der Waals surface area contributed by atoms with Crippen molar-refractivity contribution in [1.29, 1.82) is 0 Å². The Morgan fingerprint density at radius 2 is 1.96 bits per heavy atom. The molecule has 2 aliphatic heterocycles. The smallest absolute Gasteiger partial charge is 0.317 e. The number of hydrogen-bond donors (Lipinski definition) is 2.